The van der Waals surface area contributed by atoms with Crippen LogP contribution in [-0.2, 0) is 6.42 Å². The first-order valence-electron chi connectivity index (χ1n) is 4.68. The summed E-state index contributed by atoms with van der Waals surface area (Å²) in [6, 6.07) is 6.69. The van der Waals surface area contributed by atoms with Crippen LogP contribution in [0.3, 0.4) is 0 Å². The van der Waals surface area contributed by atoms with E-state index in [0.717, 1.165) is 18.4 Å². The van der Waals surface area contributed by atoms with Gasteiger partial charge in [0.1, 0.15) is 5.82 Å². The summed E-state index contributed by atoms with van der Waals surface area (Å²) in [6.07, 6.45) is 3.77. The highest BCUT2D eigenvalue weighted by molar-refractivity contribution is 6.17. The SMILES string of the molecule is CC(=CCCCl)Cc1cccc(F)c1. The molecule has 0 spiro atoms. The van der Waals surface area contributed by atoms with Gasteiger partial charge in [0.25, 0.3) is 0 Å². The van der Waals surface area contributed by atoms with Gasteiger partial charge in [-0.2, -0.15) is 0 Å². The molecule has 2 heteroatoms. The lowest BCUT2D eigenvalue weighted by molar-refractivity contribution is 0.626. The van der Waals surface area contributed by atoms with Crippen LogP contribution in [0.25, 0.3) is 0 Å². The van der Waals surface area contributed by atoms with E-state index in [9.17, 15) is 4.39 Å². The van der Waals surface area contributed by atoms with E-state index in [0.29, 0.717) is 5.88 Å². The molecular weight excluding hydrogens is 199 g/mol. The molecule has 0 N–H and O–H groups in total. The molecular formula is C12H14ClF. The van der Waals surface area contributed by atoms with Gasteiger partial charge in [-0.25, -0.2) is 4.39 Å². The first-order chi connectivity index (χ1) is 6.72. The Kier molecular flexibility index (Phi) is 4.68. The van der Waals surface area contributed by atoms with Gasteiger partial charge in [-0.15, -0.1) is 11.6 Å². The summed E-state index contributed by atoms with van der Waals surface area (Å²) in [4.78, 5) is 0. The summed E-state index contributed by atoms with van der Waals surface area (Å²) in [5, 5.41) is 0. The van der Waals surface area contributed by atoms with Gasteiger partial charge in [0, 0.05) is 5.88 Å². The zero-order valence-electron chi connectivity index (χ0n) is 8.26. The fraction of sp³-hybridized carbons (Fsp3) is 0.333. The predicted molar refractivity (Wildman–Crippen MR) is 59.2 cm³/mol. The van der Waals surface area contributed by atoms with Crippen LogP contribution in [0, 0.1) is 5.82 Å². The monoisotopic (exact) mass is 212 g/mol. The molecule has 0 nitrogen and oxygen atoms in total. The first kappa shape index (κ1) is 11.3. The molecule has 0 atom stereocenters. The fourth-order valence-corrected chi connectivity index (χ4v) is 1.45. The van der Waals surface area contributed by atoms with E-state index in [4.69, 9.17) is 11.6 Å². The molecule has 1 aromatic rings. The maximum atomic E-state index is 12.8. The Hall–Kier alpha value is -0.820. The van der Waals surface area contributed by atoms with E-state index in [1.165, 1.54) is 11.6 Å². The van der Waals surface area contributed by atoms with Crippen molar-refractivity contribution >= 4 is 11.6 Å². The first-order valence-corrected chi connectivity index (χ1v) is 5.22. The second kappa shape index (κ2) is 5.82. The third kappa shape index (κ3) is 3.93. The number of alkyl halides is 1. The number of benzene rings is 1. The summed E-state index contributed by atoms with van der Waals surface area (Å²) in [6.45, 7) is 2.04. The van der Waals surface area contributed by atoms with Crippen molar-refractivity contribution in [3.63, 3.8) is 0 Å². The van der Waals surface area contributed by atoms with Crippen molar-refractivity contribution in [3.05, 3.63) is 47.3 Å². The molecule has 0 radical (unpaired) electrons. The summed E-state index contributed by atoms with van der Waals surface area (Å²) >= 11 is 5.57. The predicted octanol–water partition coefficient (Wildman–Crippen LogP) is 3.94. The topological polar surface area (TPSA) is 0 Å². The normalized spacial score (nSPS) is 11.8. The zero-order chi connectivity index (χ0) is 10.4. The maximum Gasteiger partial charge on any atom is 0.123 e. The molecule has 0 amide bonds. The Bertz CT molecular complexity index is 318. The lowest BCUT2D eigenvalue weighted by Crippen LogP contribution is -1.88. The lowest BCUT2D eigenvalue weighted by Gasteiger charge is -2.01. The minimum atomic E-state index is -0.173. The average molecular weight is 213 g/mol. The smallest absolute Gasteiger partial charge is 0.123 e. The highest BCUT2D eigenvalue weighted by atomic mass is 35.5. The molecule has 0 saturated heterocycles. The van der Waals surface area contributed by atoms with Gasteiger partial charge in [-0.3, -0.25) is 0 Å². The van der Waals surface area contributed by atoms with Crippen molar-refractivity contribution in [1.82, 2.24) is 0 Å². The molecule has 0 bridgehead atoms. The van der Waals surface area contributed by atoms with Crippen molar-refractivity contribution in [2.24, 2.45) is 0 Å². The molecule has 0 aliphatic heterocycles. The molecule has 14 heavy (non-hydrogen) atoms. The summed E-state index contributed by atoms with van der Waals surface area (Å²) in [5.74, 6) is 0.466. The second-order valence-electron chi connectivity index (χ2n) is 3.33. The number of rotatable bonds is 4. The van der Waals surface area contributed by atoms with Crippen LogP contribution in [0.4, 0.5) is 4.39 Å². The van der Waals surface area contributed by atoms with Gasteiger partial charge >= 0.3 is 0 Å². The van der Waals surface area contributed by atoms with E-state index in [-0.39, 0.29) is 5.82 Å². The van der Waals surface area contributed by atoms with Crippen LogP contribution in [0.1, 0.15) is 18.9 Å². The molecule has 0 heterocycles. The Labute approximate surface area is 89.4 Å². The Balaban J connectivity index is 2.60. The molecule has 0 aliphatic carbocycles. The van der Waals surface area contributed by atoms with Crippen LogP contribution < -0.4 is 0 Å². The molecule has 76 valence electrons. The summed E-state index contributed by atoms with van der Waals surface area (Å²) in [5.41, 5.74) is 2.24. The van der Waals surface area contributed by atoms with Gasteiger partial charge in [0.05, 0.1) is 0 Å². The van der Waals surface area contributed by atoms with E-state index in [1.54, 1.807) is 12.1 Å². The highest BCUT2D eigenvalue weighted by Crippen LogP contribution is 2.10. The van der Waals surface area contributed by atoms with E-state index < -0.39 is 0 Å². The van der Waals surface area contributed by atoms with E-state index in [1.807, 2.05) is 13.0 Å². The fourth-order valence-electron chi connectivity index (χ4n) is 1.34. The molecule has 0 fully saturated rings. The minimum absolute atomic E-state index is 0.173. The van der Waals surface area contributed by atoms with Crippen LogP contribution in [0.5, 0.6) is 0 Å². The summed E-state index contributed by atoms with van der Waals surface area (Å²) < 4.78 is 12.8. The third-order valence-electron chi connectivity index (χ3n) is 1.97. The Morgan fingerprint density at radius 2 is 2.29 bits per heavy atom. The van der Waals surface area contributed by atoms with Gasteiger partial charge in [0.15, 0.2) is 0 Å². The number of allylic oxidation sites excluding steroid dienone is 2. The Morgan fingerprint density at radius 1 is 1.50 bits per heavy atom. The standard InChI is InChI=1S/C12H14ClF/c1-10(4-3-7-13)8-11-5-2-6-12(14)9-11/h2,4-6,9H,3,7-8H2,1H3. The zero-order valence-corrected chi connectivity index (χ0v) is 9.02. The number of halogens is 2. The van der Waals surface area contributed by atoms with Crippen molar-refractivity contribution in [3.8, 4) is 0 Å². The lowest BCUT2D eigenvalue weighted by atomic mass is 10.1. The molecule has 1 rings (SSSR count). The van der Waals surface area contributed by atoms with Gasteiger partial charge in [-0.05, 0) is 37.5 Å². The summed E-state index contributed by atoms with van der Waals surface area (Å²) in [7, 11) is 0. The van der Waals surface area contributed by atoms with E-state index >= 15 is 0 Å². The van der Waals surface area contributed by atoms with Crippen LogP contribution in [-0.4, -0.2) is 5.88 Å². The maximum absolute atomic E-state index is 12.8. The molecule has 0 unspecified atom stereocenters. The van der Waals surface area contributed by atoms with Crippen LogP contribution >= 0.6 is 11.6 Å². The number of hydrogen-bond acceptors (Lipinski definition) is 0. The van der Waals surface area contributed by atoms with Crippen molar-refractivity contribution in [1.29, 1.82) is 0 Å². The van der Waals surface area contributed by atoms with Crippen molar-refractivity contribution < 1.29 is 4.39 Å². The quantitative estimate of drug-likeness (QED) is 0.524. The van der Waals surface area contributed by atoms with Crippen molar-refractivity contribution in [2.75, 3.05) is 5.88 Å². The second-order valence-corrected chi connectivity index (χ2v) is 3.71. The third-order valence-corrected chi connectivity index (χ3v) is 2.19. The van der Waals surface area contributed by atoms with Crippen LogP contribution in [0.15, 0.2) is 35.9 Å². The minimum Gasteiger partial charge on any atom is -0.207 e. The highest BCUT2D eigenvalue weighted by Gasteiger charge is 1.96. The van der Waals surface area contributed by atoms with Gasteiger partial charge < -0.3 is 0 Å². The average Bonchev–Trinajstić information content (AvgIpc) is 2.15. The Morgan fingerprint density at radius 3 is 2.93 bits per heavy atom. The van der Waals surface area contributed by atoms with E-state index in [2.05, 4.69) is 6.08 Å². The molecule has 0 aromatic heterocycles. The van der Waals surface area contributed by atoms with Gasteiger partial charge in [0.2, 0.25) is 0 Å². The molecule has 0 saturated carbocycles. The largest absolute Gasteiger partial charge is 0.207 e. The molecule has 0 aliphatic rings. The molecule has 1 aromatic carbocycles. The van der Waals surface area contributed by atoms with Crippen LogP contribution in [0.2, 0.25) is 0 Å². The van der Waals surface area contributed by atoms with Gasteiger partial charge in [-0.1, -0.05) is 23.8 Å². The van der Waals surface area contributed by atoms with Crippen molar-refractivity contribution in [2.45, 2.75) is 19.8 Å². The number of hydrogen-bond donors (Lipinski definition) is 0.